The Kier molecular flexibility index (Phi) is 5.11. The quantitative estimate of drug-likeness (QED) is 0.852. The van der Waals surface area contributed by atoms with Gasteiger partial charge >= 0.3 is 0 Å². The molecule has 0 radical (unpaired) electrons. The number of hydrogen-bond acceptors (Lipinski definition) is 4. The second kappa shape index (κ2) is 6.69. The summed E-state index contributed by atoms with van der Waals surface area (Å²) in [6.45, 7) is 4.11. The second-order valence-corrected chi connectivity index (χ2v) is 7.98. The van der Waals surface area contributed by atoms with Gasteiger partial charge in [0.25, 0.3) is 5.91 Å². The van der Waals surface area contributed by atoms with Crippen molar-refractivity contribution < 1.29 is 17.9 Å². The molecule has 1 heterocycles. The van der Waals surface area contributed by atoms with Crippen LogP contribution in [0.15, 0.2) is 29.2 Å². The Morgan fingerprint density at radius 1 is 1.18 bits per heavy atom. The smallest absolute Gasteiger partial charge is 0.260 e. The molecule has 1 amide bonds. The first-order valence-corrected chi connectivity index (χ1v) is 9.42. The molecule has 0 spiro atoms. The van der Waals surface area contributed by atoms with Crippen LogP contribution in [0.3, 0.4) is 0 Å². The summed E-state index contributed by atoms with van der Waals surface area (Å²) in [5.41, 5.74) is 0. The molecule has 1 aliphatic heterocycles. The summed E-state index contributed by atoms with van der Waals surface area (Å²) in [7, 11) is -3.21. The zero-order valence-corrected chi connectivity index (χ0v) is 14.1. The maximum absolute atomic E-state index is 12.3. The van der Waals surface area contributed by atoms with Crippen LogP contribution < -0.4 is 4.74 Å². The molecule has 0 N–H and O–H groups in total. The normalized spacial score (nSPS) is 22.4. The number of piperidine rings is 1. The highest BCUT2D eigenvalue weighted by molar-refractivity contribution is 7.90. The van der Waals surface area contributed by atoms with Gasteiger partial charge < -0.3 is 9.64 Å². The number of likely N-dealkylation sites (tertiary alicyclic amines) is 1. The van der Waals surface area contributed by atoms with Gasteiger partial charge in [0.15, 0.2) is 16.4 Å². The van der Waals surface area contributed by atoms with Crippen molar-refractivity contribution in [2.75, 3.05) is 12.9 Å². The number of carbonyl (C=O) groups excluding carboxylic acids is 1. The zero-order chi connectivity index (χ0) is 16.3. The molecule has 2 unspecified atom stereocenters. The lowest BCUT2D eigenvalue weighted by Crippen LogP contribution is -2.49. The fraction of sp³-hybridized carbons (Fsp3) is 0.562. The van der Waals surface area contributed by atoms with Gasteiger partial charge in [-0.2, -0.15) is 0 Å². The van der Waals surface area contributed by atoms with E-state index in [2.05, 4.69) is 13.8 Å². The van der Waals surface area contributed by atoms with Crippen molar-refractivity contribution in [3.63, 3.8) is 0 Å². The van der Waals surface area contributed by atoms with Crippen molar-refractivity contribution in [1.82, 2.24) is 4.90 Å². The first-order chi connectivity index (χ1) is 10.3. The van der Waals surface area contributed by atoms with Crippen LogP contribution in [-0.4, -0.2) is 44.2 Å². The summed E-state index contributed by atoms with van der Waals surface area (Å²) in [4.78, 5) is 14.5. The Bertz CT molecular complexity index is 614. The minimum Gasteiger partial charge on any atom is -0.484 e. The van der Waals surface area contributed by atoms with Crippen LogP contribution in [0.5, 0.6) is 5.75 Å². The van der Waals surface area contributed by atoms with Crippen molar-refractivity contribution in [3.8, 4) is 5.75 Å². The third-order valence-corrected chi connectivity index (χ3v) is 5.22. The number of carbonyl (C=O) groups is 1. The van der Waals surface area contributed by atoms with Gasteiger partial charge in [-0.15, -0.1) is 0 Å². The van der Waals surface area contributed by atoms with Crippen LogP contribution in [0.1, 0.15) is 33.1 Å². The largest absolute Gasteiger partial charge is 0.484 e. The Labute approximate surface area is 132 Å². The van der Waals surface area contributed by atoms with Crippen LogP contribution >= 0.6 is 0 Å². The van der Waals surface area contributed by atoms with Crippen LogP contribution in [-0.2, 0) is 14.6 Å². The predicted molar refractivity (Wildman–Crippen MR) is 84.7 cm³/mol. The molecule has 1 aromatic carbocycles. The highest BCUT2D eigenvalue weighted by Crippen LogP contribution is 2.23. The number of amides is 1. The predicted octanol–water partition coefficient (Wildman–Crippen LogP) is 2.26. The van der Waals surface area contributed by atoms with E-state index in [9.17, 15) is 13.2 Å². The summed E-state index contributed by atoms with van der Waals surface area (Å²) >= 11 is 0. The van der Waals surface area contributed by atoms with Crippen molar-refractivity contribution >= 4 is 15.7 Å². The topological polar surface area (TPSA) is 63.7 Å². The van der Waals surface area contributed by atoms with Crippen LogP contribution in [0.4, 0.5) is 0 Å². The fourth-order valence-electron chi connectivity index (χ4n) is 2.92. The summed E-state index contributed by atoms with van der Waals surface area (Å²) < 4.78 is 28.3. The van der Waals surface area contributed by atoms with Crippen LogP contribution in [0.2, 0.25) is 0 Å². The molecular formula is C16H23NO4S. The fourth-order valence-corrected chi connectivity index (χ4v) is 3.55. The maximum atomic E-state index is 12.3. The van der Waals surface area contributed by atoms with E-state index in [1.807, 2.05) is 4.90 Å². The van der Waals surface area contributed by atoms with E-state index in [1.54, 1.807) is 12.1 Å². The minimum atomic E-state index is -3.21. The van der Waals surface area contributed by atoms with Crippen molar-refractivity contribution in [3.05, 3.63) is 24.3 Å². The summed E-state index contributed by atoms with van der Waals surface area (Å²) in [5, 5.41) is 0. The van der Waals surface area contributed by atoms with Crippen molar-refractivity contribution in [2.45, 2.75) is 50.1 Å². The van der Waals surface area contributed by atoms with E-state index in [-0.39, 0.29) is 29.5 Å². The lowest BCUT2D eigenvalue weighted by molar-refractivity contribution is -0.139. The Balaban J connectivity index is 1.96. The standard InChI is InChI=1S/C16H23NO4S/c1-12-5-4-6-13(2)17(12)16(18)11-21-14-7-9-15(10-8-14)22(3,19)20/h7-10,12-13H,4-6,11H2,1-3H3. The van der Waals surface area contributed by atoms with Crippen LogP contribution in [0.25, 0.3) is 0 Å². The lowest BCUT2D eigenvalue weighted by atomic mass is 9.97. The van der Waals surface area contributed by atoms with E-state index in [0.29, 0.717) is 5.75 Å². The monoisotopic (exact) mass is 325 g/mol. The zero-order valence-electron chi connectivity index (χ0n) is 13.3. The molecule has 0 aromatic heterocycles. The molecule has 1 fully saturated rings. The van der Waals surface area contributed by atoms with Gasteiger partial charge in [-0.1, -0.05) is 0 Å². The third kappa shape index (κ3) is 4.00. The Hall–Kier alpha value is -1.56. The van der Waals surface area contributed by atoms with E-state index in [0.717, 1.165) is 25.5 Å². The Morgan fingerprint density at radius 3 is 2.23 bits per heavy atom. The Morgan fingerprint density at radius 2 is 1.73 bits per heavy atom. The number of benzene rings is 1. The molecule has 2 rings (SSSR count). The van der Waals surface area contributed by atoms with Crippen molar-refractivity contribution in [2.24, 2.45) is 0 Å². The molecule has 1 aromatic rings. The molecule has 1 saturated heterocycles. The van der Waals surface area contributed by atoms with Crippen LogP contribution in [0, 0.1) is 0 Å². The van der Waals surface area contributed by atoms with Gasteiger partial charge in [-0.05, 0) is 57.4 Å². The first kappa shape index (κ1) is 16.8. The molecule has 0 bridgehead atoms. The molecule has 2 atom stereocenters. The first-order valence-electron chi connectivity index (χ1n) is 7.53. The highest BCUT2D eigenvalue weighted by atomic mass is 32.2. The number of ether oxygens (including phenoxy) is 1. The van der Waals surface area contributed by atoms with Gasteiger partial charge in [0.1, 0.15) is 5.75 Å². The van der Waals surface area contributed by atoms with Gasteiger partial charge in [0, 0.05) is 18.3 Å². The summed E-state index contributed by atoms with van der Waals surface area (Å²) in [6.07, 6.45) is 4.36. The van der Waals surface area contributed by atoms with E-state index in [4.69, 9.17) is 4.74 Å². The number of sulfone groups is 1. The molecule has 0 aliphatic carbocycles. The molecule has 22 heavy (non-hydrogen) atoms. The van der Waals surface area contributed by atoms with Gasteiger partial charge in [0.2, 0.25) is 0 Å². The second-order valence-electron chi connectivity index (χ2n) is 5.96. The van der Waals surface area contributed by atoms with Gasteiger partial charge in [-0.3, -0.25) is 4.79 Å². The van der Waals surface area contributed by atoms with Gasteiger partial charge in [-0.25, -0.2) is 8.42 Å². The van der Waals surface area contributed by atoms with E-state index < -0.39 is 9.84 Å². The average molecular weight is 325 g/mol. The molecule has 122 valence electrons. The number of rotatable bonds is 4. The minimum absolute atomic E-state index is 0.0209. The molecule has 5 nitrogen and oxygen atoms in total. The van der Waals surface area contributed by atoms with Gasteiger partial charge in [0.05, 0.1) is 4.90 Å². The van der Waals surface area contributed by atoms with Crippen molar-refractivity contribution in [1.29, 1.82) is 0 Å². The molecule has 1 aliphatic rings. The average Bonchev–Trinajstić information content (AvgIpc) is 2.44. The SMILES string of the molecule is CC1CCCC(C)N1C(=O)COc1ccc(S(C)(=O)=O)cc1. The summed E-state index contributed by atoms with van der Waals surface area (Å²) in [6, 6.07) is 6.61. The van der Waals surface area contributed by atoms with E-state index in [1.165, 1.54) is 12.1 Å². The maximum Gasteiger partial charge on any atom is 0.260 e. The number of hydrogen-bond donors (Lipinski definition) is 0. The molecular weight excluding hydrogens is 302 g/mol. The summed E-state index contributed by atoms with van der Waals surface area (Å²) in [5.74, 6) is 0.477. The highest BCUT2D eigenvalue weighted by Gasteiger charge is 2.28. The molecule has 6 heteroatoms. The van der Waals surface area contributed by atoms with E-state index >= 15 is 0 Å². The number of nitrogens with zero attached hydrogens (tertiary/aromatic N) is 1. The lowest BCUT2D eigenvalue weighted by Gasteiger charge is -2.38. The molecule has 0 saturated carbocycles. The third-order valence-electron chi connectivity index (χ3n) is 4.10.